The lowest BCUT2D eigenvalue weighted by Gasteiger charge is -2.11. The maximum atomic E-state index is 13.6. The second-order valence-corrected chi connectivity index (χ2v) is 4.07. The number of hydrogen-bond donors (Lipinski definition) is 0. The zero-order valence-corrected chi connectivity index (χ0v) is 10.3. The average molecular weight is 290 g/mol. The van der Waals surface area contributed by atoms with Gasteiger partial charge < -0.3 is 0 Å². The first kappa shape index (κ1) is 13.8. The molecular formula is C13H8ClF4N. The Kier molecular flexibility index (Phi) is 3.75. The number of benzene rings is 1. The molecule has 0 saturated heterocycles. The van der Waals surface area contributed by atoms with Crippen molar-refractivity contribution in [3.8, 4) is 11.1 Å². The fourth-order valence-electron chi connectivity index (χ4n) is 1.69. The van der Waals surface area contributed by atoms with Crippen LogP contribution in [-0.2, 0) is 12.1 Å². The van der Waals surface area contributed by atoms with Crippen LogP contribution in [0.2, 0.25) is 0 Å². The number of pyridine rings is 1. The van der Waals surface area contributed by atoms with Crippen LogP contribution in [0, 0.1) is 5.82 Å². The summed E-state index contributed by atoms with van der Waals surface area (Å²) in [6.07, 6.45) is -4.55. The highest BCUT2D eigenvalue weighted by molar-refractivity contribution is 6.17. The molecule has 1 heterocycles. The summed E-state index contributed by atoms with van der Waals surface area (Å²) in [6.45, 7) is 0. The van der Waals surface area contributed by atoms with Gasteiger partial charge in [0.05, 0.1) is 11.6 Å². The predicted molar refractivity (Wildman–Crippen MR) is 64.2 cm³/mol. The smallest absolute Gasteiger partial charge is 0.246 e. The molecule has 0 spiro atoms. The summed E-state index contributed by atoms with van der Waals surface area (Å²) in [7, 11) is 0. The minimum absolute atomic E-state index is 0.00147. The van der Waals surface area contributed by atoms with Crippen LogP contribution in [0.1, 0.15) is 11.4 Å². The Morgan fingerprint density at radius 1 is 1.00 bits per heavy atom. The van der Waals surface area contributed by atoms with Crippen molar-refractivity contribution in [2.24, 2.45) is 0 Å². The van der Waals surface area contributed by atoms with Gasteiger partial charge in [-0.25, -0.2) is 9.37 Å². The quantitative estimate of drug-likeness (QED) is 0.579. The molecule has 0 N–H and O–H groups in total. The molecule has 0 unspecified atom stereocenters. The zero-order chi connectivity index (χ0) is 14.0. The van der Waals surface area contributed by atoms with E-state index >= 15 is 0 Å². The molecule has 0 amide bonds. The summed E-state index contributed by atoms with van der Waals surface area (Å²) >= 11 is 5.60. The number of aromatic nitrogens is 1. The van der Waals surface area contributed by atoms with Gasteiger partial charge in [0.1, 0.15) is 11.5 Å². The molecule has 0 atom stereocenters. The molecule has 0 aliphatic heterocycles. The summed E-state index contributed by atoms with van der Waals surface area (Å²) < 4.78 is 51.2. The Balaban J connectivity index is 2.57. The molecule has 100 valence electrons. The standard InChI is InChI=1S/C13H8ClF4N/c14-7-11-9(8-3-1-2-4-10(8)15)5-6-12(19-11)13(16,17)18/h1-6H,7H2. The van der Waals surface area contributed by atoms with Crippen molar-refractivity contribution in [1.82, 2.24) is 4.98 Å². The maximum absolute atomic E-state index is 13.6. The Morgan fingerprint density at radius 2 is 1.68 bits per heavy atom. The van der Waals surface area contributed by atoms with Gasteiger partial charge in [0, 0.05) is 11.1 Å². The largest absolute Gasteiger partial charge is 0.433 e. The normalized spacial score (nSPS) is 11.6. The molecule has 2 aromatic rings. The van der Waals surface area contributed by atoms with Crippen LogP contribution < -0.4 is 0 Å². The lowest BCUT2D eigenvalue weighted by molar-refractivity contribution is -0.141. The minimum Gasteiger partial charge on any atom is -0.246 e. The van der Waals surface area contributed by atoms with Gasteiger partial charge in [0.15, 0.2) is 0 Å². The fourth-order valence-corrected chi connectivity index (χ4v) is 1.89. The van der Waals surface area contributed by atoms with Crippen LogP contribution in [-0.4, -0.2) is 4.98 Å². The molecular weight excluding hydrogens is 282 g/mol. The summed E-state index contributed by atoms with van der Waals surface area (Å²) in [5, 5.41) is 0. The second kappa shape index (κ2) is 5.17. The SMILES string of the molecule is Fc1ccccc1-c1ccc(C(F)(F)F)nc1CCl. The Morgan fingerprint density at radius 3 is 2.26 bits per heavy atom. The molecule has 0 aliphatic carbocycles. The first-order valence-corrected chi connectivity index (χ1v) is 5.85. The predicted octanol–water partition coefficient (Wildman–Crippen LogP) is 4.65. The van der Waals surface area contributed by atoms with Crippen molar-refractivity contribution in [3.05, 3.63) is 53.6 Å². The Labute approximate surface area is 111 Å². The summed E-state index contributed by atoms with van der Waals surface area (Å²) in [5.74, 6) is -0.761. The number of hydrogen-bond acceptors (Lipinski definition) is 1. The molecule has 0 saturated carbocycles. The van der Waals surface area contributed by atoms with E-state index in [9.17, 15) is 17.6 Å². The van der Waals surface area contributed by atoms with E-state index in [-0.39, 0.29) is 22.7 Å². The fraction of sp³-hybridized carbons (Fsp3) is 0.154. The van der Waals surface area contributed by atoms with Crippen LogP contribution in [0.4, 0.5) is 17.6 Å². The van der Waals surface area contributed by atoms with Gasteiger partial charge in [0.2, 0.25) is 0 Å². The van der Waals surface area contributed by atoms with Crippen LogP contribution in [0.25, 0.3) is 11.1 Å². The van der Waals surface area contributed by atoms with Crippen LogP contribution >= 0.6 is 11.6 Å². The molecule has 6 heteroatoms. The van der Waals surface area contributed by atoms with E-state index in [0.717, 1.165) is 6.07 Å². The van der Waals surface area contributed by atoms with E-state index in [2.05, 4.69) is 4.98 Å². The first-order valence-electron chi connectivity index (χ1n) is 5.31. The van der Waals surface area contributed by atoms with Gasteiger partial charge in [-0.15, -0.1) is 11.6 Å². The highest BCUT2D eigenvalue weighted by atomic mass is 35.5. The average Bonchev–Trinajstić information content (AvgIpc) is 2.37. The van der Waals surface area contributed by atoms with Crippen molar-refractivity contribution in [1.29, 1.82) is 0 Å². The Hall–Kier alpha value is -1.62. The van der Waals surface area contributed by atoms with Crippen molar-refractivity contribution in [2.75, 3.05) is 0 Å². The van der Waals surface area contributed by atoms with Gasteiger partial charge in [-0.05, 0) is 12.1 Å². The van der Waals surface area contributed by atoms with Crippen molar-refractivity contribution in [2.45, 2.75) is 12.1 Å². The summed E-state index contributed by atoms with van der Waals surface area (Å²) in [4.78, 5) is 3.46. The summed E-state index contributed by atoms with van der Waals surface area (Å²) in [6, 6.07) is 7.79. The lowest BCUT2D eigenvalue weighted by Crippen LogP contribution is -2.09. The van der Waals surface area contributed by atoms with Gasteiger partial charge in [-0.1, -0.05) is 24.3 Å². The number of halogens is 5. The number of nitrogens with zero attached hydrogens (tertiary/aromatic N) is 1. The van der Waals surface area contributed by atoms with E-state index in [4.69, 9.17) is 11.6 Å². The van der Waals surface area contributed by atoms with Gasteiger partial charge in [-0.2, -0.15) is 13.2 Å². The molecule has 0 bridgehead atoms. The van der Waals surface area contributed by atoms with Gasteiger partial charge in [0.25, 0.3) is 0 Å². The molecule has 0 radical (unpaired) electrons. The third-order valence-corrected chi connectivity index (χ3v) is 2.81. The van der Waals surface area contributed by atoms with Gasteiger partial charge >= 0.3 is 6.18 Å². The highest BCUT2D eigenvalue weighted by Crippen LogP contribution is 2.32. The maximum Gasteiger partial charge on any atom is 0.433 e. The first-order chi connectivity index (χ1) is 8.93. The third-order valence-electron chi connectivity index (χ3n) is 2.56. The third kappa shape index (κ3) is 2.87. The van der Waals surface area contributed by atoms with Crippen LogP contribution in [0.3, 0.4) is 0 Å². The number of rotatable bonds is 2. The van der Waals surface area contributed by atoms with E-state index < -0.39 is 17.7 Å². The topological polar surface area (TPSA) is 12.9 Å². The number of alkyl halides is 4. The molecule has 1 aromatic heterocycles. The van der Waals surface area contributed by atoms with E-state index in [0.29, 0.717) is 0 Å². The second-order valence-electron chi connectivity index (χ2n) is 3.80. The monoisotopic (exact) mass is 289 g/mol. The highest BCUT2D eigenvalue weighted by Gasteiger charge is 2.33. The van der Waals surface area contributed by atoms with Crippen LogP contribution in [0.5, 0.6) is 0 Å². The molecule has 0 fully saturated rings. The van der Waals surface area contributed by atoms with Crippen molar-refractivity contribution < 1.29 is 17.6 Å². The molecule has 2 rings (SSSR count). The van der Waals surface area contributed by atoms with E-state index in [1.54, 1.807) is 6.07 Å². The zero-order valence-electron chi connectivity index (χ0n) is 9.51. The summed E-state index contributed by atoms with van der Waals surface area (Å²) in [5.41, 5.74) is -0.592. The molecule has 19 heavy (non-hydrogen) atoms. The minimum atomic E-state index is -4.55. The van der Waals surface area contributed by atoms with Crippen LogP contribution in [0.15, 0.2) is 36.4 Å². The van der Waals surface area contributed by atoms with Gasteiger partial charge in [-0.3, -0.25) is 0 Å². The lowest BCUT2D eigenvalue weighted by atomic mass is 10.0. The van der Waals surface area contributed by atoms with Crippen molar-refractivity contribution in [3.63, 3.8) is 0 Å². The molecule has 1 nitrogen and oxygen atoms in total. The molecule has 1 aromatic carbocycles. The van der Waals surface area contributed by atoms with E-state index in [1.807, 2.05) is 0 Å². The molecule has 0 aliphatic rings. The van der Waals surface area contributed by atoms with Crippen molar-refractivity contribution >= 4 is 11.6 Å². The Bertz CT molecular complexity index is 595. The van der Waals surface area contributed by atoms with E-state index in [1.165, 1.54) is 24.3 Å².